The van der Waals surface area contributed by atoms with Gasteiger partial charge in [0.2, 0.25) is 10.0 Å². The van der Waals surface area contributed by atoms with E-state index < -0.39 is 10.0 Å². The van der Waals surface area contributed by atoms with E-state index in [2.05, 4.69) is 5.32 Å². The maximum absolute atomic E-state index is 13.0. The van der Waals surface area contributed by atoms with Crippen molar-refractivity contribution >= 4 is 15.9 Å². The van der Waals surface area contributed by atoms with Crippen LogP contribution in [0.4, 0.5) is 4.39 Å². The van der Waals surface area contributed by atoms with Crippen molar-refractivity contribution in [2.75, 3.05) is 25.4 Å². The molecule has 1 heterocycles. The van der Waals surface area contributed by atoms with E-state index in [-0.39, 0.29) is 42.8 Å². The van der Waals surface area contributed by atoms with Gasteiger partial charge < -0.3 is 14.8 Å². The highest BCUT2D eigenvalue weighted by Gasteiger charge is 2.30. The van der Waals surface area contributed by atoms with Crippen LogP contribution in [-0.2, 0) is 21.4 Å². The lowest BCUT2D eigenvalue weighted by atomic mass is 10.2. The molecule has 2 aromatic carbocycles. The molecule has 2 atom stereocenters. The molecule has 168 valence electrons. The first kappa shape index (κ1) is 23.2. The molecule has 2 unspecified atom stereocenters. The van der Waals surface area contributed by atoms with Gasteiger partial charge in [-0.25, -0.2) is 12.8 Å². The van der Waals surface area contributed by atoms with Crippen molar-refractivity contribution in [3.63, 3.8) is 0 Å². The van der Waals surface area contributed by atoms with Crippen LogP contribution in [0.25, 0.3) is 0 Å². The Bertz CT molecular complexity index is 987. The number of benzene rings is 2. The molecule has 1 amide bonds. The van der Waals surface area contributed by atoms with Crippen molar-refractivity contribution in [1.29, 1.82) is 0 Å². The van der Waals surface area contributed by atoms with Gasteiger partial charge in [-0.1, -0.05) is 18.2 Å². The smallest absolute Gasteiger partial charge is 0.251 e. The first-order valence-electron chi connectivity index (χ1n) is 10.1. The standard InChI is InChI=1S/C22H27FN2O5S/c1-16-13-25(14-17(2)30-16)31(27,28)11-10-24-22(26)19-4-3-5-21(12-19)29-15-18-6-8-20(23)9-7-18/h3-9,12,16-17H,10-11,13-15H2,1-2H3,(H,24,26). The van der Waals surface area contributed by atoms with E-state index in [9.17, 15) is 17.6 Å². The summed E-state index contributed by atoms with van der Waals surface area (Å²) in [6.45, 7) is 4.54. The number of morpholine rings is 1. The summed E-state index contributed by atoms with van der Waals surface area (Å²) in [5, 5.41) is 2.65. The summed E-state index contributed by atoms with van der Waals surface area (Å²) in [5.74, 6) is -0.395. The maximum Gasteiger partial charge on any atom is 0.251 e. The Balaban J connectivity index is 1.51. The fraction of sp³-hybridized carbons (Fsp3) is 0.409. The number of sulfonamides is 1. The molecule has 0 saturated carbocycles. The Morgan fingerprint density at radius 2 is 1.84 bits per heavy atom. The number of carbonyl (C=O) groups excluding carboxylic acids is 1. The van der Waals surface area contributed by atoms with Gasteiger partial charge >= 0.3 is 0 Å². The summed E-state index contributed by atoms with van der Waals surface area (Å²) < 4.78 is 50.8. The van der Waals surface area contributed by atoms with Crippen molar-refractivity contribution in [3.8, 4) is 5.75 Å². The van der Waals surface area contributed by atoms with Gasteiger partial charge in [0.1, 0.15) is 18.2 Å². The number of halogens is 1. The molecule has 1 aliphatic rings. The van der Waals surface area contributed by atoms with Crippen LogP contribution in [0.15, 0.2) is 48.5 Å². The lowest BCUT2D eigenvalue weighted by molar-refractivity contribution is -0.0440. The van der Waals surface area contributed by atoms with Crippen molar-refractivity contribution in [3.05, 3.63) is 65.5 Å². The topological polar surface area (TPSA) is 84.9 Å². The molecule has 0 aliphatic carbocycles. The number of amides is 1. The van der Waals surface area contributed by atoms with E-state index >= 15 is 0 Å². The van der Waals surface area contributed by atoms with Gasteiger partial charge in [-0.15, -0.1) is 0 Å². The number of hydrogen-bond acceptors (Lipinski definition) is 5. The Morgan fingerprint density at radius 1 is 1.16 bits per heavy atom. The summed E-state index contributed by atoms with van der Waals surface area (Å²) in [5.41, 5.74) is 1.16. The summed E-state index contributed by atoms with van der Waals surface area (Å²) in [7, 11) is -3.49. The normalized spacial score (nSPS) is 19.7. The van der Waals surface area contributed by atoms with Crippen LogP contribution in [0.1, 0.15) is 29.8 Å². The van der Waals surface area contributed by atoms with Crippen LogP contribution >= 0.6 is 0 Å². The molecule has 0 aromatic heterocycles. The number of ether oxygens (including phenoxy) is 2. The zero-order valence-electron chi connectivity index (χ0n) is 17.6. The highest BCUT2D eigenvalue weighted by atomic mass is 32.2. The highest BCUT2D eigenvalue weighted by Crippen LogP contribution is 2.16. The second kappa shape index (κ2) is 10.2. The molecule has 0 radical (unpaired) electrons. The second-order valence-electron chi connectivity index (χ2n) is 7.59. The molecule has 1 fully saturated rings. The van der Waals surface area contributed by atoms with Crippen LogP contribution in [0, 0.1) is 5.82 Å². The Labute approximate surface area is 182 Å². The number of rotatable bonds is 8. The minimum Gasteiger partial charge on any atom is -0.489 e. The number of carbonyl (C=O) groups is 1. The first-order valence-corrected chi connectivity index (χ1v) is 11.7. The van der Waals surface area contributed by atoms with Gasteiger partial charge in [-0.3, -0.25) is 4.79 Å². The summed E-state index contributed by atoms with van der Waals surface area (Å²) in [6.07, 6.45) is -0.323. The lowest BCUT2D eigenvalue weighted by Gasteiger charge is -2.34. The third kappa shape index (κ3) is 6.75. The zero-order valence-corrected chi connectivity index (χ0v) is 18.4. The van der Waals surface area contributed by atoms with Crippen LogP contribution in [-0.4, -0.2) is 56.2 Å². The second-order valence-corrected chi connectivity index (χ2v) is 9.68. The molecule has 2 aromatic rings. The van der Waals surface area contributed by atoms with Gasteiger partial charge in [0, 0.05) is 25.2 Å². The molecule has 3 rings (SSSR count). The van der Waals surface area contributed by atoms with Crippen LogP contribution < -0.4 is 10.1 Å². The van der Waals surface area contributed by atoms with Gasteiger partial charge in [0.05, 0.1) is 18.0 Å². The summed E-state index contributed by atoms with van der Waals surface area (Å²) in [6, 6.07) is 12.6. The average Bonchev–Trinajstić information content (AvgIpc) is 2.72. The van der Waals surface area contributed by atoms with Gasteiger partial charge in [-0.2, -0.15) is 4.31 Å². The number of hydrogen-bond donors (Lipinski definition) is 1. The van der Waals surface area contributed by atoms with Crippen molar-refractivity contribution < 1.29 is 27.1 Å². The molecule has 1 N–H and O–H groups in total. The molecular weight excluding hydrogens is 423 g/mol. The molecule has 31 heavy (non-hydrogen) atoms. The predicted octanol–water partition coefficient (Wildman–Crippen LogP) is 2.57. The lowest BCUT2D eigenvalue weighted by Crippen LogP contribution is -2.49. The highest BCUT2D eigenvalue weighted by molar-refractivity contribution is 7.89. The van der Waals surface area contributed by atoms with Gasteiger partial charge in [-0.05, 0) is 49.7 Å². The SMILES string of the molecule is CC1CN(S(=O)(=O)CCNC(=O)c2cccc(OCc3ccc(F)cc3)c2)CC(C)O1. The van der Waals surface area contributed by atoms with Crippen LogP contribution in [0.3, 0.4) is 0 Å². The molecule has 1 saturated heterocycles. The Hall–Kier alpha value is -2.49. The number of nitrogens with zero attached hydrogens (tertiary/aromatic N) is 1. The molecule has 1 aliphatic heterocycles. The largest absolute Gasteiger partial charge is 0.489 e. The van der Waals surface area contributed by atoms with Crippen molar-refractivity contribution in [1.82, 2.24) is 9.62 Å². The molecule has 9 heteroatoms. The molecular formula is C22H27FN2O5S. The van der Waals surface area contributed by atoms with E-state index in [1.54, 1.807) is 36.4 Å². The van der Waals surface area contributed by atoms with E-state index in [4.69, 9.17) is 9.47 Å². The Kier molecular flexibility index (Phi) is 7.64. The van der Waals surface area contributed by atoms with Crippen molar-refractivity contribution in [2.45, 2.75) is 32.7 Å². The quantitative estimate of drug-likeness (QED) is 0.668. The van der Waals surface area contributed by atoms with Crippen molar-refractivity contribution in [2.24, 2.45) is 0 Å². The molecule has 7 nitrogen and oxygen atoms in total. The molecule has 0 bridgehead atoms. The van der Waals surface area contributed by atoms with Gasteiger partial charge in [0.15, 0.2) is 0 Å². The zero-order chi connectivity index (χ0) is 22.4. The van der Waals surface area contributed by atoms with E-state index in [1.807, 2.05) is 13.8 Å². The van der Waals surface area contributed by atoms with Gasteiger partial charge in [0.25, 0.3) is 5.91 Å². The summed E-state index contributed by atoms with van der Waals surface area (Å²) in [4.78, 5) is 12.4. The van der Waals surface area contributed by atoms with E-state index in [0.29, 0.717) is 24.4 Å². The number of nitrogens with one attached hydrogen (secondary N) is 1. The van der Waals surface area contributed by atoms with Crippen LogP contribution in [0.5, 0.6) is 5.75 Å². The fourth-order valence-corrected chi connectivity index (χ4v) is 4.85. The van der Waals surface area contributed by atoms with Crippen LogP contribution in [0.2, 0.25) is 0 Å². The minimum absolute atomic E-state index is 0.00193. The maximum atomic E-state index is 13.0. The first-order chi connectivity index (χ1) is 14.7. The fourth-order valence-electron chi connectivity index (χ4n) is 3.36. The Morgan fingerprint density at radius 3 is 2.52 bits per heavy atom. The monoisotopic (exact) mass is 450 g/mol. The minimum atomic E-state index is -3.49. The third-order valence-corrected chi connectivity index (χ3v) is 6.65. The van der Waals surface area contributed by atoms with E-state index in [0.717, 1.165) is 5.56 Å². The predicted molar refractivity (Wildman–Crippen MR) is 115 cm³/mol. The van der Waals surface area contributed by atoms with E-state index in [1.165, 1.54) is 16.4 Å². The molecule has 0 spiro atoms. The average molecular weight is 451 g/mol. The third-order valence-electron chi connectivity index (χ3n) is 4.84. The summed E-state index contributed by atoms with van der Waals surface area (Å²) >= 11 is 0.